The van der Waals surface area contributed by atoms with Gasteiger partial charge in [-0.1, -0.05) is 24.3 Å². The van der Waals surface area contributed by atoms with Gasteiger partial charge in [0, 0.05) is 17.1 Å². The highest BCUT2D eigenvalue weighted by Gasteiger charge is 2.25. The number of carbonyl (C=O) groups excluding carboxylic acids is 1. The summed E-state index contributed by atoms with van der Waals surface area (Å²) in [5.74, 6) is 0.204. The monoisotopic (exact) mass is 365 g/mol. The molecular weight excluding hydrogens is 342 g/mol. The largest absolute Gasteiger partial charge is 0.508 e. The molecule has 6 heteroatoms. The van der Waals surface area contributed by atoms with Crippen LogP contribution in [-0.4, -0.2) is 33.9 Å². The second kappa shape index (κ2) is 7.32. The van der Waals surface area contributed by atoms with Gasteiger partial charge in [0.1, 0.15) is 5.75 Å². The van der Waals surface area contributed by atoms with Crippen molar-refractivity contribution < 1.29 is 15.0 Å². The first-order chi connectivity index (χ1) is 13.1. The van der Waals surface area contributed by atoms with E-state index in [4.69, 9.17) is 0 Å². The number of hydrogen-bond donors (Lipinski definition) is 5. The van der Waals surface area contributed by atoms with Gasteiger partial charge in [-0.05, 0) is 54.2 Å². The van der Waals surface area contributed by atoms with Gasteiger partial charge in [0.25, 0.3) is 0 Å². The molecule has 5 N–H and O–H groups in total. The van der Waals surface area contributed by atoms with Crippen molar-refractivity contribution in [1.29, 1.82) is 0 Å². The third kappa shape index (κ3) is 3.61. The Morgan fingerprint density at radius 2 is 2.11 bits per heavy atom. The van der Waals surface area contributed by atoms with Crippen LogP contribution in [0.5, 0.6) is 5.75 Å². The number of phenols is 1. The summed E-state index contributed by atoms with van der Waals surface area (Å²) in [6.07, 6.45) is 4.14. The lowest BCUT2D eigenvalue weighted by molar-refractivity contribution is 0.213. The van der Waals surface area contributed by atoms with E-state index in [-0.39, 0.29) is 30.5 Å². The Morgan fingerprint density at radius 3 is 2.96 bits per heavy atom. The van der Waals surface area contributed by atoms with Crippen LogP contribution in [0, 0.1) is 0 Å². The van der Waals surface area contributed by atoms with Crippen molar-refractivity contribution in [2.24, 2.45) is 0 Å². The molecule has 2 atom stereocenters. The topological polar surface area (TPSA) is 97.4 Å². The highest BCUT2D eigenvalue weighted by atomic mass is 16.3. The first-order valence-electron chi connectivity index (χ1n) is 9.18. The van der Waals surface area contributed by atoms with E-state index in [0.29, 0.717) is 6.42 Å². The summed E-state index contributed by atoms with van der Waals surface area (Å²) in [4.78, 5) is 15.7. The Hall–Kier alpha value is -2.99. The van der Waals surface area contributed by atoms with Crippen LogP contribution in [0.3, 0.4) is 0 Å². The summed E-state index contributed by atoms with van der Waals surface area (Å²) in [6, 6.07) is 12.4. The minimum absolute atomic E-state index is 0.125. The number of aromatic nitrogens is 1. The predicted octanol–water partition coefficient (Wildman–Crippen LogP) is 2.76. The first kappa shape index (κ1) is 17.4. The number of aryl methyl sites for hydroxylation is 1. The van der Waals surface area contributed by atoms with E-state index in [1.165, 1.54) is 0 Å². The van der Waals surface area contributed by atoms with E-state index in [1.54, 1.807) is 12.1 Å². The van der Waals surface area contributed by atoms with Gasteiger partial charge >= 0.3 is 6.03 Å². The molecule has 2 unspecified atom stereocenters. The molecule has 0 bridgehead atoms. The molecule has 2 amide bonds. The molecule has 6 nitrogen and oxygen atoms in total. The Labute approximate surface area is 157 Å². The minimum atomic E-state index is -0.380. The molecule has 3 aromatic rings. The second-order valence-corrected chi connectivity index (χ2v) is 7.04. The molecule has 0 spiro atoms. The van der Waals surface area contributed by atoms with E-state index in [2.05, 4.69) is 15.6 Å². The molecule has 0 saturated heterocycles. The SMILES string of the molecule is O=C(NC(CO)Cc1c[nH]c2ccccc12)NC1CCc2ccc(O)cc21. The Bertz CT molecular complexity index is 966. The smallest absolute Gasteiger partial charge is 0.315 e. The maximum atomic E-state index is 12.5. The summed E-state index contributed by atoms with van der Waals surface area (Å²) in [7, 11) is 0. The van der Waals surface area contributed by atoms with Crippen LogP contribution in [0.25, 0.3) is 10.9 Å². The van der Waals surface area contributed by atoms with Crippen molar-refractivity contribution in [1.82, 2.24) is 15.6 Å². The number of urea groups is 1. The van der Waals surface area contributed by atoms with Gasteiger partial charge in [0.2, 0.25) is 0 Å². The number of phenolic OH excluding ortho intramolecular Hbond substituents is 1. The summed E-state index contributed by atoms with van der Waals surface area (Å²) >= 11 is 0. The molecule has 27 heavy (non-hydrogen) atoms. The number of aromatic hydroxyl groups is 1. The van der Waals surface area contributed by atoms with Crippen LogP contribution >= 0.6 is 0 Å². The van der Waals surface area contributed by atoms with Crippen molar-refractivity contribution >= 4 is 16.9 Å². The van der Waals surface area contributed by atoms with Crippen molar-refractivity contribution in [2.75, 3.05) is 6.61 Å². The van der Waals surface area contributed by atoms with Crippen LogP contribution in [0.2, 0.25) is 0 Å². The average molecular weight is 365 g/mol. The van der Waals surface area contributed by atoms with Gasteiger partial charge < -0.3 is 25.8 Å². The number of hydrogen-bond acceptors (Lipinski definition) is 3. The summed E-state index contributed by atoms with van der Waals surface area (Å²) in [6.45, 7) is -0.144. The number of rotatable bonds is 5. The zero-order valence-corrected chi connectivity index (χ0v) is 14.9. The third-order valence-corrected chi connectivity index (χ3v) is 5.21. The molecule has 0 fully saturated rings. The molecule has 1 aliphatic rings. The Morgan fingerprint density at radius 1 is 1.26 bits per heavy atom. The molecule has 4 rings (SSSR count). The third-order valence-electron chi connectivity index (χ3n) is 5.21. The molecule has 0 aliphatic heterocycles. The van der Waals surface area contributed by atoms with Crippen LogP contribution in [-0.2, 0) is 12.8 Å². The highest BCUT2D eigenvalue weighted by Crippen LogP contribution is 2.33. The molecule has 1 aliphatic carbocycles. The van der Waals surface area contributed by atoms with Gasteiger partial charge in [-0.3, -0.25) is 0 Å². The molecule has 1 heterocycles. The fraction of sp³-hybridized carbons (Fsp3) is 0.286. The lowest BCUT2D eigenvalue weighted by Crippen LogP contribution is -2.45. The van der Waals surface area contributed by atoms with Crippen molar-refractivity contribution in [3.63, 3.8) is 0 Å². The van der Waals surface area contributed by atoms with Gasteiger partial charge in [-0.15, -0.1) is 0 Å². The van der Waals surface area contributed by atoms with E-state index in [1.807, 2.05) is 36.5 Å². The standard InChI is InChI=1S/C21H23N3O3/c25-12-15(9-14-11-22-19-4-2-1-3-17(14)19)23-21(27)24-20-8-6-13-5-7-16(26)10-18(13)20/h1-5,7,10-11,15,20,22,25-26H,6,8-9,12H2,(H2,23,24,27). The quantitative estimate of drug-likeness (QED) is 0.481. The van der Waals surface area contributed by atoms with Crippen molar-refractivity contribution in [3.8, 4) is 5.75 Å². The van der Waals surface area contributed by atoms with Crippen LogP contribution < -0.4 is 10.6 Å². The van der Waals surface area contributed by atoms with Crippen LogP contribution in [0.15, 0.2) is 48.7 Å². The van der Waals surface area contributed by atoms with Crippen molar-refractivity contribution in [2.45, 2.75) is 31.3 Å². The number of carbonyl (C=O) groups is 1. The van der Waals surface area contributed by atoms with E-state index in [9.17, 15) is 15.0 Å². The van der Waals surface area contributed by atoms with E-state index < -0.39 is 0 Å². The number of aliphatic hydroxyl groups is 1. The predicted molar refractivity (Wildman–Crippen MR) is 104 cm³/mol. The molecule has 2 aromatic carbocycles. The van der Waals surface area contributed by atoms with Crippen molar-refractivity contribution in [3.05, 3.63) is 65.4 Å². The maximum absolute atomic E-state index is 12.5. The number of amides is 2. The summed E-state index contributed by atoms with van der Waals surface area (Å²) in [5.41, 5.74) is 4.20. The fourth-order valence-corrected chi connectivity index (χ4v) is 3.85. The molecule has 0 saturated carbocycles. The van der Waals surface area contributed by atoms with Crippen LogP contribution in [0.1, 0.15) is 29.2 Å². The minimum Gasteiger partial charge on any atom is -0.508 e. The number of para-hydroxylation sites is 1. The van der Waals surface area contributed by atoms with Gasteiger partial charge in [-0.25, -0.2) is 4.79 Å². The number of aliphatic hydroxyl groups excluding tert-OH is 1. The Balaban J connectivity index is 1.41. The van der Waals surface area contributed by atoms with Gasteiger partial charge in [-0.2, -0.15) is 0 Å². The normalized spacial score (nSPS) is 16.9. The highest BCUT2D eigenvalue weighted by molar-refractivity contribution is 5.83. The van der Waals surface area contributed by atoms with Gasteiger partial charge in [0.05, 0.1) is 18.7 Å². The zero-order chi connectivity index (χ0) is 18.8. The second-order valence-electron chi connectivity index (χ2n) is 7.04. The van der Waals surface area contributed by atoms with Crippen LogP contribution in [0.4, 0.5) is 4.79 Å². The molecule has 140 valence electrons. The molecule has 1 aromatic heterocycles. The average Bonchev–Trinajstić information content (AvgIpc) is 3.25. The van der Waals surface area contributed by atoms with E-state index >= 15 is 0 Å². The number of benzene rings is 2. The summed E-state index contributed by atoms with van der Waals surface area (Å²) in [5, 5.41) is 26.3. The van der Waals surface area contributed by atoms with Gasteiger partial charge in [0.15, 0.2) is 0 Å². The lowest BCUT2D eigenvalue weighted by Gasteiger charge is -2.20. The summed E-state index contributed by atoms with van der Waals surface area (Å²) < 4.78 is 0. The fourth-order valence-electron chi connectivity index (χ4n) is 3.85. The first-order valence-corrected chi connectivity index (χ1v) is 9.18. The molecular formula is C21H23N3O3. The number of H-pyrrole nitrogens is 1. The number of aromatic amines is 1. The number of fused-ring (bicyclic) bond motifs is 2. The zero-order valence-electron chi connectivity index (χ0n) is 14.9. The molecule has 0 radical (unpaired) electrons. The lowest BCUT2D eigenvalue weighted by atomic mass is 10.1. The Kier molecular flexibility index (Phi) is 4.73. The maximum Gasteiger partial charge on any atom is 0.315 e. The van der Waals surface area contributed by atoms with E-state index in [0.717, 1.165) is 40.4 Å². The number of nitrogens with one attached hydrogen (secondary N) is 3.